The third kappa shape index (κ3) is 3.52. The van der Waals surface area contributed by atoms with Gasteiger partial charge in [0.1, 0.15) is 11.3 Å². The quantitative estimate of drug-likeness (QED) is 0.665. The summed E-state index contributed by atoms with van der Waals surface area (Å²) in [6.07, 6.45) is 1.81. The summed E-state index contributed by atoms with van der Waals surface area (Å²) in [5.41, 5.74) is 9.90. The van der Waals surface area contributed by atoms with Crippen molar-refractivity contribution in [2.75, 3.05) is 19.3 Å². The molecule has 6 nitrogen and oxygen atoms in total. The molecule has 1 aliphatic rings. The van der Waals surface area contributed by atoms with E-state index in [0.717, 1.165) is 41.7 Å². The van der Waals surface area contributed by atoms with E-state index in [1.807, 2.05) is 43.4 Å². The number of anilines is 1. The fourth-order valence-electron chi connectivity index (χ4n) is 3.41. The average Bonchev–Trinajstić information content (AvgIpc) is 2.69. The maximum Gasteiger partial charge on any atom is 0.237 e. The summed E-state index contributed by atoms with van der Waals surface area (Å²) in [6, 6.07) is 11.6. The van der Waals surface area contributed by atoms with Crippen molar-refractivity contribution < 1.29 is 4.79 Å². The minimum Gasteiger partial charge on any atom is -0.382 e. The maximum atomic E-state index is 12.2. The van der Waals surface area contributed by atoms with E-state index >= 15 is 0 Å². The van der Waals surface area contributed by atoms with E-state index in [1.54, 1.807) is 11.8 Å². The third-order valence-corrected chi connectivity index (χ3v) is 4.89. The van der Waals surface area contributed by atoms with E-state index in [1.165, 1.54) is 0 Å². The number of nitrogen functional groups attached to an aromatic ring is 1. The summed E-state index contributed by atoms with van der Waals surface area (Å²) in [6.45, 7) is 2.62. The lowest BCUT2D eigenvalue weighted by atomic mass is 9.97. The van der Waals surface area contributed by atoms with E-state index in [2.05, 4.69) is 26.8 Å². The zero-order chi connectivity index (χ0) is 19.7. The van der Waals surface area contributed by atoms with Gasteiger partial charge in [-0.15, -0.1) is 0 Å². The first kappa shape index (κ1) is 17.9. The molecule has 3 aromatic rings. The number of amides is 1. The van der Waals surface area contributed by atoms with E-state index in [9.17, 15) is 4.79 Å². The van der Waals surface area contributed by atoms with Crippen LogP contribution in [0.15, 0.2) is 36.4 Å². The van der Waals surface area contributed by atoms with E-state index in [4.69, 9.17) is 5.73 Å². The zero-order valence-corrected chi connectivity index (χ0v) is 15.9. The van der Waals surface area contributed by atoms with Gasteiger partial charge < -0.3 is 10.6 Å². The molecule has 0 spiro atoms. The molecule has 1 fully saturated rings. The van der Waals surface area contributed by atoms with Crippen LogP contribution in [0.3, 0.4) is 0 Å². The van der Waals surface area contributed by atoms with Crippen LogP contribution in [0.5, 0.6) is 0 Å². The van der Waals surface area contributed by atoms with Gasteiger partial charge in [-0.3, -0.25) is 4.79 Å². The summed E-state index contributed by atoms with van der Waals surface area (Å²) < 4.78 is 0. The summed E-state index contributed by atoms with van der Waals surface area (Å²) in [7, 11) is 1.83. The summed E-state index contributed by atoms with van der Waals surface area (Å²) in [5, 5.41) is 0. The first-order chi connectivity index (χ1) is 13.5. The van der Waals surface area contributed by atoms with Crippen molar-refractivity contribution in [2.45, 2.75) is 19.8 Å². The zero-order valence-electron chi connectivity index (χ0n) is 15.9. The fraction of sp³-hybridized carbons (Fsp3) is 0.273. The molecule has 6 heteroatoms. The number of hydrogen-bond donors (Lipinski definition) is 1. The predicted octanol–water partition coefficient (Wildman–Crippen LogP) is 2.80. The van der Waals surface area contributed by atoms with Crippen LogP contribution in [-0.4, -0.2) is 39.4 Å². The highest BCUT2D eigenvalue weighted by molar-refractivity contribution is 5.86. The number of fused-ring (bicyclic) bond motifs is 1. The molecule has 0 aliphatic carbocycles. The molecule has 3 heterocycles. The second kappa shape index (κ2) is 7.28. The SMILES string of the molecule is Cc1nc(N)c2nc(-c3cccc(C#C[C@H]4CCCN(C)C4=O)c3)ccc2n1. The smallest absolute Gasteiger partial charge is 0.237 e. The van der Waals surface area contributed by atoms with Gasteiger partial charge in [0, 0.05) is 24.7 Å². The van der Waals surface area contributed by atoms with Gasteiger partial charge in [0.15, 0.2) is 5.82 Å². The molecule has 0 unspecified atom stereocenters. The molecule has 1 saturated heterocycles. The van der Waals surface area contributed by atoms with Gasteiger partial charge in [0.05, 0.1) is 17.1 Å². The van der Waals surface area contributed by atoms with E-state index in [0.29, 0.717) is 17.2 Å². The van der Waals surface area contributed by atoms with Crippen molar-refractivity contribution in [1.82, 2.24) is 19.9 Å². The molecule has 2 N–H and O–H groups in total. The van der Waals surface area contributed by atoms with Crippen molar-refractivity contribution in [1.29, 1.82) is 0 Å². The Labute approximate surface area is 163 Å². The van der Waals surface area contributed by atoms with Gasteiger partial charge in [0.2, 0.25) is 5.91 Å². The molecule has 1 atom stereocenters. The van der Waals surface area contributed by atoms with Gasteiger partial charge >= 0.3 is 0 Å². The molecule has 1 aromatic carbocycles. The second-order valence-electron chi connectivity index (χ2n) is 7.03. The molecular formula is C22H21N5O. The monoisotopic (exact) mass is 371 g/mol. The Kier molecular flexibility index (Phi) is 4.66. The molecule has 2 aromatic heterocycles. The number of nitrogens with zero attached hydrogens (tertiary/aromatic N) is 4. The van der Waals surface area contributed by atoms with Crippen molar-refractivity contribution >= 4 is 22.8 Å². The normalized spacial score (nSPS) is 16.7. The fourth-order valence-corrected chi connectivity index (χ4v) is 3.41. The summed E-state index contributed by atoms with van der Waals surface area (Å²) in [4.78, 5) is 27.2. The highest BCUT2D eigenvalue weighted by Gasteiger charge is 2.24. The number of benzene rings is 1. The van der Waals surface area contributed by atoms with Gasteiger partial charge in [0.25, 0.3) is 0 Å². The van der Waals surface area contributed by atoms with Gasteiger partial charge in [-0.05, 0) is 44.0 Å². The number of nitrogens with two attached hydrogens (primary N) is 1. The molecule has 140 valence electrons. The Bertz CT molecular complexity index is 1130. The van der Waals surface area contributed by atoms with E-state index in [-0.39, 0.29) is 11.8 Å². The number of carbonyl (C=O) groups is 1. The van der Waals surface area contributed by atoms with Crippen LogP contribution in [0.25, 0.3) is 22.3 Å². The number of piperidine rings is 1. The van der Waals surface area contributed by atoms with Crippen LogP contribution in [0.1, 0.15) is 24.2 Å². The van der Waals surface area contributed by atoms with Gasteiger partial charge in [-0.2, -0.15) is 0 Å². The molecule has 0 bridgehead atoms. The Balaban J connectivity index is 1.65. The first-order valence-corrected chi connectivity index (χ1v) is 9.29. The van der Waals surface area contributed by atoms with Crippen molar-refractivity contribution in [3.8, 4) is 23.1 Å². The average molecular weight is 371 g/mol. The number of pyridine rings is 1. The van der Waals surface area contributed by atoms with Crippen molar-refractivity contribution in [3.63, 3.8) is 0 Å². The highest BCUT2D eigenvalue weighted by Crippen LogP contribution is 2.23. The van der Waals surface area contributed by atoms with Crippen molar-refractivity contribution in [2.24, 2.45) is 5.92 Å². The Hall–Kier alpha value is -3.46. The topological polar surface area (TPSA) is 85.0 Å². The number of hydrogen-bond acceptors (Lipinski definition) is 5. The van der Waals surface area contributed by atoms with Crippen LogP contribution in [0.4, 0.5) is 5.82 Å². The van der Waals surface area contributed by atoms with Crippen molar-refractivity contribution in [3.05, 3.63) is 47.8 Å². The molecular weight excluding hydrogens is 350 g/mol. The molecule has 28 heavy (non-hydrogen) atoms. The second-order valence-corrected chi connectivity index (χ2v) is 7.03. The Morgan fingerprint density at radius 1 is 1.18 bits per heavy atom. The van der Waals surface area contributed by atoms with Gasteiger partial charge in [-0.25, -0.2) is 15.0 Å². The van der Waals surface area contributed by atoms with Crippen LogP contribution < -0.4 is 5.73 Å². The lowest BCUT2D eigenvalue weighted by Crippen LogP contribution is -2.37. The Morgan fingerprint density at radius 3 is 2.89 bits per heavy atom. The molecule has 1 amide bonds. The largest absolute Gasteiger partial charge is 0.382 e. The standard InChI is InChI=1S/C22H21N5O/c1-14-24-19-11-10-18(26-20(19)21(23)25-14)17-6-3-5-15(13-17)8-9-16-7-4-12-27(2)22(16)28/h3,5-6,10-11,13,16H,4,7,12H2,1-2H3,(H2,23,24,25)/t16-/m1/s1. The molecule has 1 aliphatic heterocycles. The number of aryl methyl sites for hydroxylation is 1. The lowest BCUT2D eigenvalue weighted by Gasteiger charge is -2.26. The maximum absolute atomic E-state index is 12.2. The van der Waals surface area contributed by atoms with E-state index < -0.39 is 0 Å². The van der Waals surface area contributed by atoms with Crippen LogP contribution in [0.2, 0.25) is 0 Å². The van der Waals surface area contributed by atoms with Gasteiger partial charge in [-0.1, -0.05) is 24.0 Å². The molecule has 4 rings (SSSR count). The number of aromatic nitrogens is 3. The van der Waals surface area contributed by atoms with Crippen LogP contribution in [0, 0.1) is 24.7 Å². The minimum atomic E-state index is -0.221. The molecule has 0 saturated carbocycles. The minimum absolute atomic E-state index is 0.108. The predicted molar refractivity (Wildman–Crippen MR) is 109 cm³/mol. The third-order valence-electron chi connectivity index (χ3n) is 4.89. The highest BCUT2D eigenvalue weighted by atomic mass is 16.2. The first-order valence-electron chi connectivity index (χ1n) is 9.29. The molecule has 0 radical (unpaired) electrons. The van der Waals surface area contributed by atoms with Crippen LogP contribution in [-0.2, 0) is 4.79 Å². The number of rotatable bonds is 1. The summed E-state index contributed by atoms with van der Waals surface area (Å²) >= 11 is 0. The lowest BCUT2D eigenvalue weighted by molar-refractivity contribution is -0.134. The Morgan fingerprint density at radius 2 is 2.04 bits per heavy atom. The summed E-state index contributed by atoms with van der Waals surface area (Å²) in [5.74, 6) is 7.18. The number of likely N-dealkylation sites (tertiary alicyclic amines) is 1. The van der Waals surface area contributed by atoms with Crippen LogP contribution >= 0.6 is 0 Å². The number of carbonyl (C=O) groups excluding carboxylic acids is 1.